The number of amides is 1. The lowest BCUT2D eigenvalue weighted by molar-refractivity contribution is 0.0966. The number of carbonyl (C=O) groups is 1. The molecule has 3 aromatic rings. The van der Waals surface area contributed by atoms with Crippen LogP contribution in [-0.4, -0.2) is 53.3 Å². The number of aromatic nitrogens is 2. The number of likely N-dealkylation sites (N-methyl/N-ethyl adjacent to an activating group) is 1. The van der Waals surface area contributed by atoms with Crippen LogP contribution in [-0.2, 0) is 13.6 Å². The van der Waals surface area contributed by atoms with Gasteiger partial charge in [0.25, 0.3) is 5.91 Å². The molecule has 3 N–H and O–H groups in total. The molecule has 1 atom stereocenters. The Labute approximate surface area is 211 Å². The molecule has 2 aliphatic rings. The summed E-state index contributed by atoms with van der Waals surface area (Å²) in [5, 5.41) is 10.8. The van der Waals surface area contributed by atoms with Crippen LogP contribution in [0.15, 0.2) is 65.3 Å². The van der Waals surface area contributed by atoms with Crippen molar-refractivity contribution < 1.29 is 4.79 Å². The highest BCUT2D eigenvalue weighted by atomic mass is 16.1. The van der Waals surface area contributed by atoms with E-state index in [4.69, 9.17) is 0 Å². The van der Waals surface area contributed by atoms with Crippen molar-refractivity contribution >= 4 is 29.3 Å². The molecule has 8 nitrogen and oxygen atoms in total. The van der Waals surface area contributed by atoms with Gasteiger partial charge in [-0.25, -0.2) is 9.98 Å². The maximum Gasteiger partial charge on any atom is 0.254 e. The molecule has 1 amide bonds. The van der Waals surface area contributed by atoms with Crippen LogP contribution in [0.3, 0.4) is 0 Å². The molecule has 8 heteroatoms. The average molecular weight is 484 g/mol. The van der Waals surface area contributed by atoms with Gasteiger partial charge < -0.3 is 25.4 Å². The fourth-order valence-electron chi connectivity index (χ4n) is 5.21. The summed E-state index contributed by atoms with van der Waals surface area (Å²) in [6, 6.07) is 8.61. The minimum absolute atomic E-state index is 0.0886. The second kappa shape index (κ2) is 9.99. The Kier molecular flexibility index (Phi) is 6.61. The van der Waals surface area contributed by atoms with E-state index in [0.717, 1.165) is 46.5 Å². The second-order valence-electron chi connectivity index (χ2n) is 9.44. The first kappa shape index (κ1) is 23.8. The molecule has 5 rings (SSSR count). The molecule has 0 spiro atoms. The van der Waals surface area contributed by atoms with Gasteiger partial charge in [-0.1, -0.05) is 6.07 Å². The van der Waals surface area contributed by atoms with Crippen LogP contribution in [0.1, 0.15) is 35.7 Å². The number of aliphatic imine (C=N–C) groups is 1. The number of allylic oxidation sites excluding steroid dienone is 3. The van der Waals surface area contributed by atoms with E-state index in [1.54, 1.807) is 0 Å². The number of carbonyl (C=O) groups excluding carboxylic acids is 1. The smallest absolute Gasteiger partial charge is 0.254 e. The summed E-state index contributed by atoms with van der Waals surface area (Å²) >= 11 is 0. The molecular weight excluding hydrogens is 450 g/mol. The van der Waals surface area contributed by atoms with Gasteiger partial charge in [-0.2, -0.15) is 0 Å². The molecule has 2 aliphatic heterocycles. The molecule has 36 heavy (non-hydrogen) atoms. The number of nitrogens with zero attached hydrogens (tertiary/aromatic N) is 4. The van der Waals surface area contributed by atoms with Gasteiger partial charge in [-0.3, -0.25) is 4.79 Å². The number of piperidine rings is 1. The fraction of sp³-hybridized carbons (Fsp3) is 0.321. The van der Waals surface area contributed by atoms with Gasteiger partial charge in [-0.05, 0) is 80.6 Å². The third-order valence-corrected chi connectivity index (χ3v) is 7.27. The van der Waals surface area contributed by atoms with Crippen molar-refractivity contribution in [1.29, 1.82) is 0 Å². The lowest BCUT2D eigenvalue weighted by Crippen LogP contribution is -2.43. The number of likely N-dealkylation sites (tertiary alicyclic amines) is 1. The lowest BCUT2D eigenvalue weighted by Gasteiger charge is -2.34. The molecule has 0 saturated carbocycles. The van der Waals surface area contributed by atoms with Crippen LogP contribution < -0.4 is 16.0 Å². The Morgan fingerprint density at radius 1 is 1.25 bits per heavy atom. The average Bonchev–Trinajstić information content (AvgIpc) is 3.49. The summed E-state index contributed by atoms with van der Waals surface area (Å²) in [5.41, 5.74) is 6.54. The zero-order valence-corrected chi connectivity index (χ0v) is 21.1. The molecule has 1 fully saturated rings. The first-order chi connectivity index (χ1) is 17.5. The van der Waals surface area contributed by atoms with Gasteiger partial charge >= 0.3 is 0 Å². The summed E-state index contributed by atoms with van der Waals surface area (Å²) in [6.45, 7) is 8.39. The van der Waals surface area contributed by atoms with Gasteiger partial charge in [0, 0.05) is 56.2 Å². The molecular formula is C28H33N7O. The number of anilines is 1. The topological polar surface area (TPSA) is 86.6 Å². The van der Waals surface area contributed by atoms with Crippen LogP contribution in [0.2, 0.25) is 0 Å². The van der Waals surface area contributed by atoms with E-state index in [1.807, 2.05) is 49.3 Å². The minimum atomic E-state index is -0.0886. The maximum absolute atomic E-state index is 12.9. The molecule has 0 radical (unpaired) electrons. The number of hydrogen-bond donors (Lipinski definition) is 3. The Morgan fingerprint density at radius 3 is 2.92 bits per heavy atom. The predicted octanol–water partition coefficient (Wildman–Crippen LogP) is 4.03. The Morgan fingerprint density at radius 2 is 2.11 bits per heavy atom. The van der Waals surface area contributed by atoms with Crippen molar-refractivity contribution in [3.63, 3.8) is 0 Å². The number of rotatable bonds is 7. The van der Waals surface area contributed by atoms with Gasteiger partial charge in [-0.15, -0.1) is 0 Å². The largest absolute Gasteiger partial charge is 0.373 e. The van der Waals surface area contributed by atoms with E-state index in [-0.39, 0.29) is 5.91 Å². The van der Waals surface area contributed by atoms with Crippen molar-refractivity contribution in [2.75, 3.05) is 25.5 Å². The number of pyridine rings is 1. The van der Waals surface area contributed by atoms with Crippen molar-refractivity contribution in [2.45, 2.75) is 32.4 Å². The summed E-state index contributed by atoms with van der Waals surface area (Å²) in [7, 11) is 4.01. The van der Waals surface area contributed by atoms with Crippen LogP contribution in [0.25, 0.3) is 22.2 Å². The second-order valence-corrected chi connectivity index (χ2v) is 9.44. The van der Waals surface area contributed by atoms with Crippen molar-refractivity contribution in [3.05, 3.63) is 71.5 Å². The summed E-state index contributed by atoms with van der Waals surface area (Å²) in [6.07, 6.45) is 10.2. The SMILES string of the molecule is C=N/C(=C\C=C(/C)N1CCC[C@H](NC)C1)Nc1ccc(-c2ccnc3c2ccn3C)c2c1C(=O)NC2. The monoisotopic (exact) mass is 483 g/mol. The third kappa shape index (κ3) is 4.40. The van der Waals surface area contributed by atoms with Crippen LogP contribution >= 0.6 is 0 Å². The van der Waals surface area contributed by atoms with Crippen LogP contribution in [0.4, 0.5) is 5.69 Å². The van der Waals surface area contributed by atoms with Gasteiger partial charge in [0.15, 0.2) is 0 Å². The number of benzene rings is 1. The van der Waals surface area contributed by atoms with Gasteiger partial charge in [0.2, 0.25) is 0 Å². The Bertz CT molecular complexity index is 1380. The normalized spacial score (nSPS) is 18.4. The number of aryl methyl sites for hydroxylation is 1. The zero-order valence-electron chi connectivity index (χ0n) is 21.1. The molecule has 0 bridgehead atoms. The molecule has 186 valence electrons. The summed E-state index contributed by atoms with van der Waals surface area (Å²) in [5.74, 6) is 0.509. The highest BCUT2D eigenvalue weighted by molar-refractivity contribution is 6.07. The number of hydrogen-bond acceptors (Lipinski definition) is 6. The predicted molar refractivity (Wildman–Crippen MR) is 146 cm³/mol. The van der Waals surface area contributed by atoms with Crippen molar-refractivity contribution in [1.82, 2.24) is 25.1 Å². The minimum Gasteiger partial charge on any atom is -0.373 e. The zero-order chi connectivity index (χ0) is 25.2. The van der Waals surface area contributed by atoms with Crippen LogP contribution in [0.5, 0.6) is 0 Å². The third-order valence-electron chi connectivity index (χ3n) is 7.27. The number of nitrogens with one attached hydrogen (secondary N) is 3. The first-order valence-corrected chi connectivity index (χ1v) is 12.4. The van der Waals surface area contributed by atoms with E-state index in [9.17, 15) is 4.79 Å². The molecule has 4 heterocycles. The lowest BCUT2D eigenvalue weighted by atomic mass is 9.94. The quantitative estimate of drug-likeness (QED) is 0.349. The standard InChI is InChI=1S/C28H33N7O/c1-18(35-14-5-6-19(17-35)29-2)7-10-25(30-3)33-24-9-8-20(23-16-32-28(36)26(23)24)21-11-13-31-27-22(21)12-15-34(27)4/h7-13,15,19,29,33H,3,5-6,14,16-17H2,1-2,4H3,(H,32,36)/b18-7+,25-10+/t19-/m0/s1. The fourth-order valence-corrected chi connectivity index (χ4v) is 5.21. The Balaban J connectivity index is 1.45. The molecule has 2 aromatic heterocycles. The highest BCUT2D eigenvalue weighted by Gasteiger charge is 2.27. The van der Waals surface area contributed by atoms with E-state index in [1.165, 1.54) is 18.5 Å². The Hall–Kier alpha value is -3.91. The molecule has 1 saturated heterocycles. The maximum atomic E-state index is 12.9. The first-order valence-electron chi connectivity index (χ1n) is 12.4. The van der Waals surface area contributed by atoms with Crippen molar-refractivity contribution in [3.8, 4) is 11.1 Å². The van der Waals surface area contributed by atoms with Gasteiger partial charge in [0.05, 0.1) is 11.3 Å². The van der Waals surface area contributed by atoms with Gasteiger partial charge in [0.1, 0.15) is 11.5 Å². The van der Waals surface area contributed by atoms with E-state index in [0.29, 0.717) is 24.0 Å². The van der Waals surface area contributed by atoms with Crippen molar-refractivity contribution in [2.24, 2.45) is 12.0 Å². The molecule has 0 aliphatic carbocycles. The molecule has 0 unspecified atom stereocenters. The highest BCUT2D eigenvalue weighted by Crippen LogP contribution is 2.37. The van der Waals surface area contributed by atoms with Crippen LogP contribution in [0, 0.1) is 0 Å². The summed E-state index contributed by atoms with van der Waals surface area (Å²) in [4.78, 5) is 24.0. The van der Waals surface area contributed by atoms with E-state index in [2.05, 4.69) is 62.7 Å². The molecule has 1 aromatic carbocycles. The van der Waals surface area contributed by atoms with E-state index < -0.39 is 0 Å². The summed E-state index contributed by atoms with van der Waals surface area (Å²) < 4.78 is 2.00. The van der Waals surface area contributed by atoms with E-state index >= 15 is 0 Å². The number of fused-ring (bicyclic) bond motifs is 2.